The third-order valence-electron chi connectivity index (χ3n) is 2.89. The molecular weight excluding hydrogens is 262 g/mol. The fourth-order valence-corrected chi connectivity index (χ4v) is 2.94. The molecule has 5 nitrogen and oxygen atoms in total. The minimum Gasteiger partial charge on any atom is -0.317 e. The Kier molecular flexibility index (Phi) is 6.97. The van der Waals surface area contributed by atoms with Crippen LogP contribution in [0.15, 0.2) is 24.5 Å². The average molecular weight is 285 g/mol. The van der Waals surface area contributed by atoms with Gasteiger partial charge >= 0.3 is 0 Å². The lowest BCUT2D eigenvalue weighted by Crippen LogP contribution is -2.29. The van der Waals surface area contributed by atoms with E-state index in [2.05, 4.69) is 10.3 Å². The second kappa shape index (κ2) is 8.24. The summed E-state index contributed by atoms with van der Waals surface area (Å²) in [6.45, 7) is 4.24. The summed E-state index contributed by atoms with van der Waals surface area (Å²) in [7, 11) is -1.54. The average Bonchev–Trinajstić information content (AvgIpc) is 2.39. The fraction of sp³-hybridized carbons (Fsp3) is 0.615. The molecule has 0 aliphatic rings. The first kappa shape index (κ1) is 16.1. The molecule has 0 fully saturated rings. The number of unbranched alkanes of at least 4 members (excludes halogenated alkanes) is 1. The number of nitrogens with zero attached hydrogens (tertiary/aromatic N) is 2. The molecule has 0 spiro atoms. The molecule has 0 radical (unpaired) electrons. The molecule has 0 amide bonds. The fourth-order valence-electron chi connectivity index (χ4n) is 1.71. The zero-order valence-corrected chi connectivity index (χ0v) is 12.5. The molecule has 0 aliphatic carbocycles. The molecule has 1 rings (SSSR count). The van der Waals surface area contributed by atoms with Crippen molar-refractivity contribution in [2.75, 3.05) is 25.9 Å². The zero-order chi connectivity index (χ0) is 14.1. The molecule has 1 heterocycles. The second-order valence-electron chi connectivity index (χ2n) is 4.49. The number of hydrogen-bond donors (Lipinski definition) is 1. The topological polar surface area (TPSA) is 62.3 Å². The molecule has 1 N–H and O–H groups in total. The molecule has 0 bridgehead atoms. The Bertz CT molecular complexity index is 448. The van der Waals surface area contributed by atoms with Gasteiger partial charge in [-0.05, 0) is 43.6 Å². The maximum Gasteiger partial charge on any atom is 0.214 e. The summed E-state index contributed by atoms with van der Waals surface area (Å²) < 4.78 is 25.5. The van der Waals surface area contributed by atoms with E-state index in [0.717, 1.165) is 25.1 Å². The summed E-state index contributed by atoms with van der Waals surface area (Å²) in [6, 6.07) is 3.66. The molecule has 0 atom stereocenters. The summed E-state index contributed by atoms with van der Waals surface area (Å²) >= 11 is 0. The number of rotatable bonds is 9. The molecular formula is C13H23N3O2S. The standard InChI is InChI=1S/C13H23N3O2S/c1-3-14-8-4-5-11-19(17,18)16(2)12-13-6-9-15-10-7-13/h6-7,9-10,14H,3-5,8,11-12H2,1-2H3. The van der Waals surface area contributed by atoms with Gasteiger partial charge in [0.15, 0.2) is 0 Å². The largest absolute Gasteiger partial charge is 0.317 e. The van der Waals surface area contributed by atoms with E-state index in [4.69, 9.17) is 0 Å². The van der Waals surface area contributed by atoms with Crippen molar-refractivity contribution in [3.63, 3.8) is 0 Å². The Hall–Kier alpha value is -0.980. The molecule has 19 heavy (non-hydrogen) atoms. The summed E-state index contributed by atoms with van der Waals surface area (Å²) in [4.78, 5) is 3.92. The maximum atomic E-state index is 12.1. The van der Waals surface area contributed by atoms with E-state index in [1.807, 2.05) is 19.1 Å². The lowest BCUT2D eigenvalue weighted by atomic mass is 10.3. The first-order valence-electron chi connectivity index (χ1n) is 6.60. The number of aromatic nitrogens is 1. The minimum absolute atomic E-state index is 0.208. The number of nitrogens with one attached hydrogen (secondary N) is 1. The molecule has 0 saturated carbocycles. The lowest BCUT2D eigenvalue weighted by Gasteiger charge is -2.17. The summed E-state index contributed by atoms with van der Waals surface area (Å²) in [6.07, 6.45) is 4.92. The van der Waals surface area contributed by atoms with Gasteiger partial charge < -0.3 is 5.32 Å². The third kappa shape index (κ3) is 6.13. The van der Waals surface area contributed by atoms with Crippen LogP contribution in [0.25, 0.3) is 0 Å². The Morgan fingerprint density at radius 1 is 1.26 bits per heavy atom. The highest BCUT2D eigenvalue weighted by Gasteiger charge is 2.17. The van der Waals surface area contributed by atoms with Crippen LogP contribution in [0.5, 0.6) is 0 Å². The summed E-state index contributed by atoms with van der Waals surface area (Å²) in [5, 5.41) is 3.19. The quantitative estimate of drug-likeness (QED) is 0.693. The van der Waals surface area contributed by atoms with Crippen molar-refractivity contribution in [3.05, 3.63) is 30.1 Å². The van der Waals surface area contributed by atoms with Crippen LogP contribution >= 0.6 is 0 Å². The van der Waals surface area contributed by atoms with Gasteiger partial charge in [0.05, 0.1) is 5.75 Å². The van der Waals surface area contributed by atoms with Gasteiger partial charge in [0.2, 0.25) is 10.0 Å². The molecule has 1 aromatic heterocycles. The summed E-state index contributed by atoms with van der Waals surface area (Å²) in [5.41, 5.74) is 0.953. The van der Waals surface area contributed by atoms with Crippen LogP contribution in [-0.4, -0.2) is 43.6 Å². The van der Waals surface area contributed by atoms with Gasteiger partial charge in [0.1, 0.15) is 0 Å². The third-order valence-corrected chi connectivity index (χ3v) is 4.77. The van der Waals surface area contributed by atoms with E-state index in [9.17, 15) is 8.42 Å². The van der Waals surface area contributed by atoms with Gasteiger partial charge in [-0.1, -0.05) is 6.92 Å². The second-order valence-corrected chi connectivity index (χ2v) is 6.68. The first-order valence-corrected chi connectivity index (χ1v) is 8.21. The maximum absolute atomic E-state index is 12.1. The highest BCUT2D eigenvalue weighted by Crippen LogP contribution is 2.08. The Morgan fingerprint density at radius 3 is 2.58 bits per heavy atom. The van der Waals surface area contributed by atoms with Crippen molar-refractivity contribution >= 4 is 10.0 Å². The van der Waals surface area contributed by atoms with Crippen molar-refractivity contribution in [3.8, 4) is 0 Å². The van der Waals surface area contributed by atoms with Crippen molar-refractivity contribution in [2.45, 2.75) is 26.3 Å². The van der Waals surface area contributed by atoms with Crippen LogP contribution in [0, 0.1) is 0 Å². The van der Waals surface area contributed by atoms with Gasteiger partial charge in [0.25, 0.3) is 0 Å². The van der Waals surface area contributed by atoms with Gasteiger partial charge in [-0.25, -0.2) is 12.7 Å². The monoisotopic (exact) mass is 285 g/mol. The Morgan fingerprint density at radius 2 is 1.95 bits per heavy atom. The molecule has 0 unspecified atom stereocenters. The van der Waals surface area contributed by atoms with E-state index in [-0.39, 0.29) is 5.75 Å². The smallest absolute Gasteiger partial charge is 0.214 e. The van der Waals surface area contributed by atoms with E-state index in [1.165, 1.54) is 4.31 Å². The Balaban J connectivity index is 2.39. The zero-order valence-electron chi connectivity index (χ0n) is 11.7. The van der Waals surface area contributed by atoms with E-state index < -0.39 is 10.0 Å². The van der Waals surface area contributed by atoms with E-state index >= 15 is 0 Å². The molecule has 0 aliphatic heterocycles. The van der Waals surface area contributed by atoms with E-state index in [0.29, 0.717) is 13.0 Å². The van der Waals surface area contributed by atoms with Crippen LogP contribution in [0.2, 0.25) is 0 Å². The highest BCUT2D eigenvalue weighted by atomic mass is 32.2. The van der Waals surface area contributed by atoms with Crippen molar-refractivity contribution in [2.24, 2.45) is 0 Å². The number of pyridine rings is 1. The predicted molar refractivity (Wildman–Crippen MR) is 77.3 cm³/mol. The number of sulfonamides is 1. The van der Waals surface area contributed by atoms with Crippen LogP contribution in [0.3, 0.4) is 0 Å². The summed E-state index contributed by atoms with van der Waals surface area (Å²) in [5.74, 6) is 0.208. The van der Waals surface area contributed by atoms with Crippen LogP contribution in [-0.2, 0) is 16.6 Å². The lowest BCUT2D eigenvalue weighted by molar-refractivity contribution is 0.464. The highest BCUT2D eigenvalue weighted by molar-refractivity contribution is 7.89. The van der Waals surface area contributed by atoms with Crippen molar-refractivity contribution < 1.29 is 8.42 Å². The van der Waals surface area contributed by atoms with Crippen LogP contribution in [0.4, 0.5) is 0 Å². The SMILES string of the molecule is CCNCCCCS(=O)(=O)N(C)Cc1ccncc1. The van der Waals surface area contributed by atoms with Gasteiger partial charge in [-0.3, -0.25) is 4.98 Å². The molecule has 1 aromatic rings. The van der Waals surface area contributed by atoms with Crippen LogP contribution < -0.4 is 5.32 Å². The molecule has 0 saturated heterocycles. The van der Waals surface area contributed by atoms with Gasteiger partial charge in [-0.2, -0.15) is 0 Å². The molecule has 0 aromatic carbocycles. The van der Waals surface area contributed by atoms with Crippen molar-refractivity contribution in [1.29, 1.82) is 0 Å². The molecule has 6 heteroatoms. The normalized spacial score (nSPS) is 11.9. The minimum atomic E-state index is -3.16. The van der Waals surface area contributed by atoms with Crippen molar-refractivity contribution in [1.82, 2.24) is 14.6 Å². The molecule has 108 valence electrons. The van der Waals surface area contributed by atoms with Crippen LogP contribution in [0.1, 0.15) is 25.3 Å². The predicted octanol–water partition coefficient (Wildman–Crippen LogP) is 1.23. The first-order chi connectivity index (χ1) is 9.06. The Labute approximate surface area is 116 Å². The number of hydrogen-bond acceptors (Lipinski definition) is 4. The van der Waals surface area contributed by atoms with Gasteiger partial charge in [0, 0.05) is 26.0 Å². The van der Waals surface area contributed by atoms with E-state index in [1.54, 1.807) is 19.4 Å². The van der Waals surface area contributed by atoms with Gasteiger partial charge in [-0.15, -0.1) is 0 Å².